The molecule has 7 heteroatoms. The number of anilines is 2. The minimum atomic E-state index is -0.158. The molecule has 0 aromatic carbocycles. The zero-order chi connectivity index (χ0) is 14.1. The van der Waals surface area contributed by atoms with Crippen molar-refractivity contribution in [3.8, 4) is 0 Å². The van der Waals surface area contributed by atoms with E-state index in [0.29, 0.717) is 23.3 Å². The molecule has 2 aromatic rings. The molecular formula is C13H16N4OS2. The number of amides is 1. The number of rotatable bonds is 5. The number of carbonyl (C=O) groups excluding carboxylic acids is 1. The lowest BCUT2D eigenvalue weighted by Crippen LogP contribution is -2.22. The minimum Gasteiger partial charge on any atom is -0.382 e. The van der Waals surface area contributed by atoms with Crippen molar-refractivity contribution in [1.82, 2.24) is 10.3 Å². The third-order valence-electron chi connectivity index (χ3n) is 3.17. The molecule has 1 saturated carbocycles. The van der Waals surface area contributed by atoms with Crippen LogP contribution in [0.3, 0.4) is 0 Å². The highest BCUT2D eigenvalue weighted by atomic mass is 32.1. The molecule has 4 N–H and O–H groups in total. The molecule has 2 heterocycles. The zero-order valence-corrected chi connectivity index (χ0v) is 12.7. The van der Waals surface area contributed by atoms with E-state index < -0.39 is 0 Å². The molecule has 1 aliphatic rings. The number of nitrogens with zero attached hydrogens (tertiary/aromatic N) is 1. The molecule has 0 bridgehead atoms. The topological polar surface area (TPSA) is 80.0 Å². The summed E-state index contributed by atoms with van der Waals surface area (Å²) in [6.07, 6.45) is 2.33. The van der Waals surface area contributed by atoms with Crippen LogP contribution in [-0.4, -0.2) is 16.9 Å². The predicted molar refractivity (Wildman–Crippen MR) is 83.4 cm³/mol. The highest BCUT2D eigenvalue weighted by molar-refractivity contribution is 7.18. The quantitative estimate of drug-likeness (QED) is 0.793. The Bertz CT molecular complexity index is 630. The van der Waals surface area contributed by atoms with Gasteiger partial charge in [0.25, 0.3) is 5.91 Å². The standard InChI is InChI=1S/C13H16N4OS2/c1-7-5-19-6-8(7)4-15-12(18)10-11(14)17-13(20-10)16-9-2-3-9/h5-6,9H,2-4,14H2,1H3,(H,15,18)(H,16,17). The molecule has 0 unspecified atom stereocenters. The maximum atomic E-state index is 12.1. The Labute approximate surface area is 125 Å². The second kappa shape index (κ2) is 5.41. The molecule has 2 aromatic heterocycles. The molecule has 20 heavy (non-hydrogen) atoms. The first kappa shape index (κ1) is 13.4. The van der Waals surface area contributed by atoms with E-state index in [2.05, 4.69) is 21.0 Å². The van der Waals surface area contributed by atoms with Crippen LogP contribution in [0.25, 0.3) is 0 Å². The minimum absolute atomic E-state index is 0.158. The Kier molecular flexibility index (Phi) is 3.62. The number of hydrogen-bond donors (Lipinski definition) is 3. The van der Waals surface area contributed by atoms with Crippen LogP contribution in [-0.2, 0) is 6.54 Å². The number of nitrogens with one attached hydrogen (secondary N) is 2. The Hall–Kier alpha value is -1.60. The molecule has 0 radical (unpaired) electrons. The summed E-state index contributed by atoms with van der Waals surface area (Å²) in [5.74, 6) is 0.145. The molecule has 0 aliphatic heterocycles. The van der Waals surface area contributed by atoms with Gasteiger partial charge in [-0.25, -0.2) is 4.98 Å². The first-order valence-corrected chi connectivity index (χ1v) is 8.22. The third-order valence-corrected chi connectivity index (χ3v) is 5.08. The van der Waals surface area contributed by atoms with Gasteiger partial charge in [-0.1, -0.05) is 11.3 Å². The normalized spacial score (nSPS) is 14.2. The molecule has 0 spiro atoms. The lowest BCUT2D eigenvalue weighted by molar-refractivity contribution is 0.0955. The molecule has 1 fully saturated rings. The maximum Gasteiger partial charge on any atom is 0.265 e. The monoisotopic (exact) mass is 308 g/mol. The van der Waals surface area contributed by atoms with Gasteiger partial charge in [0, 0.05) is 12.6 Å². The lowest BCUT2D eigenvalue weighted by atomic mass is 10.2. The highest BCUT2D eigenvalue weighted by Gasteiger charge is 2.24. The summed E-state index contributed by atoms with van der Waals surface area (Å²) in [6.45, 7) is 2.56. The van der Waals surface area contributed by atoms with Crippen molar-refractivity contribution in [2.45, 2.75) is 32.4 Å². The second-order valence-electron chi connectivity index (χ2n) is 4.91. The van der Waals surface area contributed by atoms with Crippen LogP contribution in [0.5, 0.6) is 0 Å². The fraction of sp³-hybridized carbons (Fsp3) is 0.385. The smallest absolute Gasteiger partial charge is 0.265 e. The van der Waals surface area contributed by atoms with Gasteiger partial charge in [-0.3, -0.25) is 4.79 Å². The van der Waals surface area contributed by atoms with Crippen molar-refractivity contribution < 1.29 is 4.79 Å². The van der Waals surface area contributed by atoms with Crippen molar-refractivity contribution in [2.75, 3.05) is 11.1 Å². The Balaban J connectivity index is 1.64. The van der Waals surface area contributed by atoms with Crippen molar-refractivity contribution in [2.24, 2.45) is 0 Å². The average Bonchev–Trinajstić information content (AvgIpc) is 3.01. The van der Waals surface area contributed by atoms with Gasteiger partial charge in [0.15, 0.2) is 5.13 Å². The number of nitrogen functional groups attached to an aromatic ring is 1. The summed E-state index contributed by atoms with van der Waals surface area (Å²) in [5, 5.41) is 11.0. The van der Waals surface area contributed by atoms with Crippen LogP contribution >= 0.6 is 22.7 Å². The summed E-state index contributed by atoms with van der Waals surface area (Å²) in [5.41, 5.74) is 8.16. The maximum absolute atomic E-state index is 12.1. The number of thiophene rings is 1. The molecular weight excluding hydrogens is 292 g/mol. The number of aromatic nitrogens is 1. The number of aryl methyl sites for hydroxylation is 1. The van der Waals surface area contributed by atoms with E-state index >= 15 is 0 Å². The summed E-state index contributed by atoms with van der Waals surface area (Å²) >= 11 is 2.96. The first-order chi connectivity index (χ1) is 9.63. The number of thiazole rings is 1. The van der Waals surface area contributed by atoms with Gasteiger partial charge >= 0.3 is 0 Å². The predicted octanol–water partition coefficient (Wildman–Crippen LogP) is 2.60. The number of nitrogens with two attached hydrogens (primary N) is 1. The SMILES string of the molecule is Cc1cscc1CNC(=O)c1sc(NC2CC2)nc1N. The van der Waals surface area contributed by atoms with Gasteiger partial charge in [0.2, 0.25) is 0 Å². The van der Waals surface area contributed by atoms with E-state index in [1.165, 1.54) is 29.7 Å². The van der Waals surface area contributed by atoms with Crippen LogP contribution in [0.15, 0.2) is 10.8 Å². The molecule has 3 rings (SSSR count). The van der Waals surface area contributed by atoms with Gasteiger partial charge in [-0.05, 0) is 41.7 Å². The Morgan fingerprint density at radius 1 is 1.50 bits per heavy atom. The van der Waals surface area contributed by atoms with Crippen LogP contribution < -0.4 is 16.4 Å². The number of carbonyl (C=O) groups is 1. The number of hydrogen-bond acceptors (Lipinski definition) is 6. The highest BCUT2D eigenvalue weighted by Crippen LogP contribution is 2.30. The fourth-order valence-electron chi connectivity index (χ4n) is 1.78. The zero-order valence-electron chi connectivity index (χ0n) is 11.1. The van der Waals surface area contributed by atoms with Crippen molar-refractivity contribution in [3.63, 3.8) is 0 Å². The van der Waals surface area contributed by atoms with Gasteiger partial charge < -0.3 is 16.4 Å². The second-order valence-corrected chi connectivity index (χ2v) is 6.66. The molecule has 0 saturated heterocycles. The van der Waals surface area contributed by atoms with E-state index in [4.69, 9.17) is 5.73 Å². The van der Waals surface area contributed by atoms with Crippen molar-refractivity contribution in [3.05, 3.63) is 26.8 Å². The van der Waals surface area contributed by atoms with Crippen LogP contribution in [0.2, 0.25) is 0 Å². The van der Waals surface area contributed by atoms with Gasteiger partial charge in [-0.2, -0.15) is 11.3 Å². The Morgan fingerprint density at radius 3 is 2.95 bits per heavy atom. The molecule has 106 valence electrons. The summed E-state index contributed by atoms with van der Waals surface area (Å²) in [6, 6.07) is 0.505. The van der Waals surface area contributed by atoms with Crippen LogP contribution in [0.4, 0.5) is 10.9 Å². The summed E-state index contributed by atoms with van der Waals surface area (Å²) < 4.78 is 0. The molecule has 1 aliphatic carbocycles. The van der Waals surface area contributed by atoms with E-state index in [9.17, 15) is 4.79 Å². The molecule has 1 amide bonds. The van der Waals surface area contributed by atoms with Gasteiger partial charge in [0.1, 0.15) is 10.7 Å². The van der Waals surface area contributed by atoms with Gasteiger partial charge in [0.05, 0.1) is 0 Å². The van der Waals surface area contributed by atoms with Gasteiger partial charge in [-0.15, -0.1) is 0 Å². The largest absolute Gasteiger partial charge is 0.382 e. The third kappa shape index (κ3) is 2.94. The van der Waals surface area contributed by atoms with E-state index in [1.807, 2.05) is 12.3 Å². The first-order valence-electron chi connectivity index (χ1n) is 6.46. The average molecular weight is 308 g/mol. The van der Waals surface area contributed by atoms with E-state index in [0.717, 1.165) is 10.7 Å². The lowest BCUT2D eigenvalue weighted by Gasteiger charge is -2.03. The molecule has 5 nitrogen and oxygen atoms in total. The van der Waals surface area contributed by atoms with Crippen molar-refractivity contribution in [1.29, 1.82) is 0 Å². The van der Waals surface area contributed by atoms with E-state index in [-0.39, 0.29) is 5.91 Å². The van der Waals surface area contributed by atoms with Crippen LogP contribution in [0.1, 0.15) is 33.6 Å². The van der Waals surface area contributed by atoms with Crippen LogP contribution in [0, 0.1) is 6.92 Å². The fourth-order valence-corrected chi connectivity index (χ4v) is 3.52. The summed E-state index contributed by atoms with van der Waals surface area (Å²) in [7, 11) is 0. The summed E-state index contributed by atoms with van der Waals surface area (Å²) in [4.78, 5) is 16.8. The Morgan fingerprint density at radius 2 is 2.30 bits per heavy atom. The molecule has 0 atom stereocenters. The van der Waals surface area contributed by atoms with Crippen molar-refractivity contribution >= 4 is 39.5 Å². The van der Waals surface area contributed by atoms with E-state index in [1.54, 1.807) is 11.3 Å².